The van der Waals surface area contributed by atoms with E-state index in [9.17, 15) is 0 Å². The second-order valence-electron chi connectivity index (χ2n) is 2.29. The molecular weight excluding hydrogens is 96.1 g/mol. The summed E-state index contributed by atoms with van der Waals surface area (Å²) in [6.45, 7) is 6.65. The Hall–Kier alpha value is 0. The summed E-state index contributed by atoms with van der Waals surface area (Å²) in [6, 6.07) is 0. The van der Waals surface area contributed by atoms with E-state index in [-0.39, 0.29) is 0 Å². The van der Waals surface area contributed by atoms with E-state index < -0.39 is 0 Å². The van der Waals surface area contributed by atoms with Crippen LogP contribution in [0.3, 0.4) is 0 Å². The first-order chi connectivity index (χ1) is 3.85. The highest BCUT2D eigenvalue weighted by Gasteiger charge is 1.89. The van der Waals surface area contributed by atoms with Gasteiger partial charge in [-0.1, -0.05) is 33.1 Å². The fourth-order valence-electron chi connectivity index (χ4n) is 0.977. The van der Waals surface area contributed by atoms with Crippen LogP contribution in [0.15, 0.2) is 0 Å². The van der Waals surface area contributed by atoms with Crippen molar-refractivity contribution in [1.82, 2.24) is 0 Å². The average Bonchev–Trinajstić information content (AvgIpc) is 1.83. The molecule has 0 heteroatoms. The monoisotopic (exact) mass is 113 g/mol. The molecule has 0 radical (unpaired) electrons. The van der Waals surface area contributed by atoms with Gasteiger partial charge in [0.1, 0.15) is 0 Å². The Balaban J connectivity index is 3.07. The van der Waals surface area contributed by atoms with Crippen molar-refractivity contribution >= 4 is 0 Å². The fraction of sp³-hybridized carbons (Fsp3) is 0.875. The maximum atomic E-state index is 2.31. The van der Waals surface area contributed by atoms with Crippen molar-refractivity contribution in [3.05, 3.63) is 6.42 Å². The first kappa shape index (κ1) is 8.00. The van der Waals surface area contributed by atoms with Crippen LogP contribution < -0.4 is 0 Å². The van der Waals surface area contributed by atoms with Crippen LogP contribution in [0.1, 0.15) is 40.0 Å². The van der Waals surface area contributed by atoms with Gasteiger partial charge in [0.25, 0.3) is 0 Å². The van der Waals surface area contributed by atoms with Gasteiger partial charge in [0.15, 0.2) is 0 Å². The van der Waals surface area contributed by atoms with E-state index in [4.69, 9.17) is 0 Å². The summed E-state index contributed by atoms with van der Waals surface area (Å²) in [6.07, 6.45) is 6.31. The summed E-state index contributed by atoms with van der Waals surface area (Å²) in [5, 5.41) is 0. The van der Waals surface area contributed by atoms with Crippen molar-refractivity contribution in [2.75, 3.05) is 0 Å². The molecular formula is C8H17-. The zero-order valence-electron chi connectivity index (χ0n) is 6.28. The summed E-state index contributed by atoms with van der Waals surface area (Å²) >= 11 is 0. The molecule has 50 valence electrons. The molecule has 8 heavy (non-hydrogen) atoms. The molecule has 0 heterocycles. The van der Waals surface area contributed by atoms with E-state index in [0.717, 1.165) is 5.92 Å². The van der Waals surface area contributed by atoms with Gasteiger partial charge in [-0.2, -0.15) is 12.8 Å². The summed E-state index contributed by atoms with van der Waals surface area (Å²) < 4.78 is 0. The number of hydrogen-bond donors (Lipinski definition) is 0. The number of rotatable bonds is 4. The van der Waals surface area contributed by atoms with Gasteiger partial charge in [0, 0.05) is 0 Å². The summed E-state index contributed by atoms with van der Waals surface area (Å²) in [5.41, 5.74) is 0. The van der Waals surface area contributed by atoms with E-state index in [0.29, 0.717) is 0 Å². The molecule has 0 fully saturated rings. The molecule has 0 saturated carbocycles. The third-order valence-electron chi connectivity index (χ3n) is 1.66. The second-order valence-corrected chi connectivity index (χ2v) is 2.29. The predicted octanol–water partition coefficient (Wildman–Crippen LogP) is 3.04. The standard InChI is InChI=1S/C8H17/c1-4-7-8(5-2)6-3/h5,8H,4,6-7H2,1-3H3/q-1. The lowest BCUT2D eigenvalue weighted by Gasteiger charge is -2.18. The Morgan fingerprint density at radius 3 is 2.12 bits per heavy atom. The zero-order chi connectivity index (χ0) is 6.41. The van der Waals surface area contributed by atoms with Crippen LogP contribution in [0, 0.1) is 12.3 Å². The zero-order valence-corrected chi connectivity index (χ0v) is 6.28. The van der Waals surface area contributed by atoms with Crippen LogP contribution >= 0.6 is 0 Å². The molecule has 0 aliphatic heterocycles. The normalized spacial score (nSPS) is 13.9. The molecule has 0 nitrogen and oxygen atoms in total. The van der Waals surface area contributed by atoms with Crippen molar-refractivity contribution in [2.45, 2.75) is 40.0 Å². The number of hydrogen-bond acceptors (Lipinski definition) is 0. The largest absolute Gasteiger partial charge is 0.328 e. The molecule has 0 N–H and O–H groups in total. The Bertz CT molecular complexity index is 35.3. The molecule has 0 saturated heterocycles. The van der Waals surface area contributed by atoms with Gasteiger partial charge < -0.3 is 6.42 Å². The minimum Gasteiger partial charge on any atom is -0.328 e. The van der Waals surface area contributed by atoms with E-state index in [1.807, 2.05) is 0 Å². The molecule has 0 aromatic heterocycles. The van der Waals surface area contributed by atoms with E-state index in [2.05, 4.69) is 27.2 Å². The van der Waals surface area contributed by atoms with Crippen LogP contribution in [0.4, 0.5) is 0 Å². The third-order valence-corrected chi connectivity index (χ3v) is 1.66. The highest BCUT2D eigenvalue weighted by Crippen LogP contribution is 2.12. The van der Waals surface area contributed by atoms with Crippen LogP contribution in [0.5, 0.6) is 0 Å². The highest BCUT2D eigenvalue weighted by molar-refractivity contribution is 4.68. The van der Waals surface area contributed by atoms with Gasteiger partial charge in [-0.15, -0.1) is 0 Å². The molecule has 0 amide bonds. The maximum Gasteiger partial charge on any atom is -0.0584 e. The lowest BCUT2D eigenvalue weighted by atomic mass is 9.98. The molecule has 0 bridgehead atoms. The summed E-state index contributed by atoms with van der Waals surface area (Å²) in [5.74, 6) is 0.875. The highest BCUT2D eigenvalue weighted by atomic mass is 14.0. The maximum absolute atomic E-state index is 2.31. The fourth-order valence-corrected chi connectivity index (χ4v) is 0.977. The summed E-state index contributed by atoms with van der Waals surface area (Å²) in [4.78, 5) is 0. The van der Waals surface area contributed by atoms with Crippen molar-refractivity contribution < 1.29 is 0 Å². The Morgan fingerprint density at radius 1 is 1.38 bits per heavy atom. The van der Waals surface area contributed by atoms with Gasteiger partial charge >= 0.3 is 0 Å². The van der Waals surface area contributed by atoms with Gasteiger partial charge in [0.2, 0.25) is 0 Å². The molecule has 1 unspecified atom stereocenters. The molecule has 0 aliphatic rings. The van der Waals surface area contributed by atoms with Crippen LogP contribution in [0.25, 0.3) is 0 Å². The minimum absolute atomic E-state index is 0.875. The molecule has 0 rings (SSSR count). The average molecular weight is 113 g/mol. The lowest BCUT2D eigenvalue weighted by molar-refractivity contribution is 0.529. The Labute approximate surface area is 53.3 Å². The minimum atomic E-state index is 0.875. The SMILES string of the molecule is C[CH-]C(CC)CCC. The first-order valence-corrected chi connectivity index (χ1v) is 3.64. The van der Waals surface area contributed by atoms with Gasteiger partial charge in [-0.3, -0.25) is 0 Å². The van der Waals surface area contributed by atoms with Crippen molar-refractivity contribution in [1.29, 1.82) is 0 Å². The first-order valence-electron chi connectivity index (χ1n) is 3.64. The van der Waals surface area contributed by atoms with Crippen LogP contribution in [-0.4, -0.2) is 0 Å². The van der Waals surface area contributed by atoms with E-state index in [1.165, 1.54) is 19.3 Å². The van der Waals surface area contributed by atoms with Crippen molar-refractivity contribution in [2.24, 2.45) is 5.92 Å². The Morgan fingerprint density at radius 2 is 2.00 bits per heavy atom. The quantitative estimate of drug-likeness (QED) is 0.491. The molecule has 1 atom stereocenters. The van der Waals surface area contributed by atoms with E-state index in [1.54, 1.807) is 0 Å². The second kappa shape index (κ2) is 5.14. The predicted molar refractivity (Wildman–Crippen MR) is 38.7 cm³/mol. The van der Waals surface area contributed by atoms with Gasteiger partial charge in [-0.05, 0) is 0 Å². The third kappa shape index (κ3) is 3.06. The molecule has 0 aliphatic carbocycles. The van der Waals surface area contributed by atoms with E-state index >= 15 is 0 Å². The lowest BCUT2D eigenvalue weighted by Crippen LogP contribution is -1.95. The smallest absolute Gasteiger partial charge is 0.0584 e. The summed E-state index contributed by atoms with van der Waals surface area (Å²) in [7, 11) is 0. The van der Waals surface area contributed by atoms with Crippen molar-refractivity contribution in [3.8, 4) is 0 Å². The van der Waals surface area contributed by atoms with Crippen LogP contribution in [0.2, 0.25) is 0 Å². The molecule has 0 aromatic rings. The topological polar surface area (TPSA) is 0 Å². The van der Waals surface area contributed by atoms with Gasteiger partial charge in [0.05, 0.1) is 0 Å². The Kier molecular flexibility index (Phi) is 5.14. The van der Waals surface area contributed by atoms with Crippen molar-refractivity contribution in [3.63, 3.8) is 0 Å². The van der Waals surface area contributed by atoms with Gasteiger partial charge in [-0.25, -0.2) is 0 Å². The van der Waals surface area contributed by atoms with Crippen LogP contribution in [-0.2, 0) is 0 Å². The molecule has 0 spiro atoms. The molecule has 0 aromatic carbocycles.